The fourth-order valence-electron chi connectivity index (χ4n) is 3.89. The van der Waals surface area contributed by atoms with Crippen molar-refractivity contribution in [2.24, 2.45) is 0 Å². The number of nitrogens with one attached hydrogen (secondary N) is 1. The number of para-hydroxylation sites is 1. The lowest BCUT2D eigenvalue weighted by atomic mass is 9.97. The number of carbonyl (C=O) groups excluding carboxylic acids is 1. The first-order valence-electron chi connectivity index (χ1n) is 10.8. The number of hydrogen-bond acceptors (Lipinski definition) is 3. The number of benzene rings is 3. The van der Waals surface area contributed by atoms with Crippen molar-refractivity contribution < 1.29 is 9.18 Å². The molecule has 4 aromatic rings. The van der Waals surface area contributed by atoms with Crippen LogP contribution in [0.2, 0.25) is 0 Å². The van der Waals surface area contributed by atoms with E-state index in [4.69, 9.17) is 0 Å². The second kappa shape index (κ2) is 10.8. The maximum absolute atomic E-state index is 14.4. The van der Waals surface area contributed by atoms with Crippen LogP contribution in [0.1, 0.15) is 22.0 Å². The molecule has 0 fully saturated rings. The highest BCUT2D eigenvalue weighted by Crippen LogP contribution is 2.35. The van der Waals surface area contributed by atoms with Crippen LogP contribution in [-0.2, 0) is 11.2 Å². The van der Waals surface area contributed by atoms with Gasteiger partial charge in [-0.1, -0.05) is 55.1 Å². The summed E-state index contributed by atoms with van der Waals surface area (Å²) in [5, 5.41) is 5.06. The van der Waals surface area contributed by atoms with Crippen LogP contribution in [0.15, 0.2) is 107 Å². The SMILES string of the molecule is C=C(Cc1cccs1)N(c1cccc(F)c1)C(C(=O)Nc1ccccc1Br)c1ccccc1C. The van der Waals surface area contributed by atoms with Crippen LogP contribution >= 0.6 is 27.3 Å². The van der Waals surface area contributed by atoms with E-state index in [1.54, 1.807) is 23.5 Å². The second-order valence-electron chi connectivity index (χ2n) is 7.90. The molecular weight excluding hydrogens is 511 g/mol. The summed E-state index contributed by atoms with van der Waals surface area (Å²) < 4.78 is 15.1. The van der Waals surface area contributed by atoms with Gasteiger partial charge in [-0.3, -0.25) is 4.79 Å². The number of aryl methyl sites for hydroxylation is 1. The van der Waals surface area contributed by atoms with Gasteiger partial charge in [0.05, 0.1) is 5.69 Å². The summed E-state index contributed by atoms with van der Waals surface area (Å²) in [5.74, 6) is -0.612. The van der Waals surface area contributed by atoms with Gasteiger partial charge in [0, 0.05) is 27.2 Å². The van der Waals surface area contributed by atoms with E-state index in [-0.39, 0.29) is 11.7 Å². The second-order valence-corrected chi connectivity index (χ2v) is 9.79. The molecule has 0 saturated heterocycles. The van der Waals surface area contributed by atoms with Crippen LogP contribution in [-0.4, -0.2) is 5.91 Å². The van der Waals surface area contributed by atoms with Crippen LogP contribution in [0, 0.1) is 12.7 Å². The normalized spacial score (nSPS) is 11.6. The molecule has 1 heterocycles. The Balaban J connectivity index is 1.83. The van der Waals surface area contributed by atoms with Gasteiger partial charge in [-0.25, -0.2) is 4.39 Å². The van der Waals surface area contributed by atoms with Crippen molar-refractivity contribution in [2.75, 3.05) is 10.2 Å². The van der Waals surface area contributed by atoms with Gasteiger partial charge >= 0.3 is 0 Å². The van der Waals surface area contributed by atoms with Crippen LogP contribution in [0.4, 0.5) is 15.8 Å². The molecule has 1 amide bonds. The van der Waals surface area contributed by atoms with Gasteiger partial charge in [-0.15, -0.1) is 11.3 Å². The van der Waals surface area contributed by atoms with E-state index < -0.39 is 6.04 Å². The number of allylic oxidation sites excluding steroid dienone is 1. The molecule has 0 aliphatic heterocycles. The molecule has 1 atom stereocenters. The highest BCUT2D eigenvalue weighted by molar-refractivity contribution is 9.10. The number of amides is 1. The predicted molar refractivity (Wildman–Crippen MR) is 143 cm³/mol. The number of rotatable bonds is 8. The predicted octanol–water partition coefficient (Wildman–Crippen LogP) is 7.90. The molecule has 0 saturated carbocycles. The average molecular weight is 535 g/mol. The van der Waals surface area contributed by atoms with E-state index >= 15 is 0 Å². The lowest BCUT2D eigenvalue weighted by Crippen LogP contribution is -2.37. The zero-order valence-corrected chi connectivity index (χ0v) is 21.1. The Kier molecular flexibility index (Phi) is 7.60. The van der Waals surface area contributed by atoms with E-state index in [0.29, 0.717) is 23.5 Å². The summed E-state index contributed by atoms with van der Waals surface area (Å²) in [7, 11) is 0. The summed E-state index contributed by atoms with van der Waals surface area (Å²) in [4.78, 5) is 16.9. The van der Waals surface area contributed by atoms with Crippen molar-refractivity contribution in [3.05, 3.63) is 129 Å². The first-order chi connectivity index (χ1) is 16.4. The summed E-state index contributed by atoms with van der Waals surface area (Å²) in [6, 6.07) is 24.8. The zero-order chi connectivity index (χ0) is 24.1. The summed E-state index contributed by atoms with van der Waals surface area (Å²) in [6.45, 7) is 6.31. The first-order valence-corrected chi connectivity index (χ1v) is 12.5. The number of hydrogen-bond donors (Lipinski definition) is 1. The summed E-state index contributed by atoms with van der Waals surface area (Å²) >= 11 is 5.13. The molecule has 1 aromatic heterocycles. The number of carbonyl (C=O) groups is 1. The van der Waals surface area contributed by atoms with E-state index in [9.17, 15) is 9.18 Å². The molecule has 0 bridgehead atoms. The van der Waals surface area contributed by atoms with Crippen molar-refractivity contribution in [3.63, 3.8) is 0 Å². The molecule has 6 heteroatoms. The summed E-state index contributed by atoms with van der Waals surface area (Å²) in [5.41, 5.74) is 3.71. The molecule has 172 valence electrons. The first kappa shape index (κ1) is 23.9. The standard InChI is InChI=1S/C28H24BrFN2OS/c1-19-9-3-4-13-24(19)27(28(33)31-26-15-6-5-14-25(26)29)32(22-11-7-10-21(30)18-22)20(2)17-23-12-8-16-34-23/h3-16,18,27H,2,17H2,1H3,(H,31,33). The quantitative estimate of drug-likeness (QED) is 0.249. The third kappa shape index (κ3) is 5.46. The third-order valence-corrected chi connectivity index (χ3v) is 7.07. The van der Waals surface area contributed by atoms with E-state index in [1.165, 1.54) is 12.1 Å². The van der Waals surface area contributed by atoms with Gasteiger partial charge in [0.2, 0.25) is 0 Å². The fraction of sp³-hybridized carbons (Fsp3) is 0.107. The van der Waals surface area contributed by atoms with Crippen molar-refractivity contribution in [2.45, 2.75) is 19.4 Å². The zero-order valence-electron chi connectivity index (χ0n) is 18.7. The van der Waals surface area contributed by atoms with Crippen molar-refractivity contribution in [1.82, 2.24) is 0 Å². The average Bonchev–Trinajstić information content (AvgIpc) is 3.32. The maximum atomic E-state index is 14.4. The monoisotopic (exact) mass is 534 g/mol. The highest BCUT2D eigenvalue weighted by atomic mass is 79.9. The molecule has 4 rings (SSSR count). The fourth-order valence-corrected chi connectivity index (χ4v) is 5.02. The van der Waals surface area contributed by atoms with Gasteiger partial charge in [0.15, 0.2) is 0 Å². The van der Waals surface area contributed by atoms with E-state index in [2.05, 4.69) is 27.8 Å². The Labute approximate surface area is 211 Å². The molecular formula is C28H24BrFN2OS. The largest absolute Gasteiger partial charge is 0.329 e. The minimum atomic E-state index is -0.762. The Bertz CT molecular complexity index is 1310. The molecule has 3 aromatic carbocycles. The van der Waals surface area contributed by atoms with Crippen molar-refractivity contribution in [1.29, 1.82) is 0 Å². The topological polar surface area (TPSA) is 32.3 Å². The van der Waals surface area contributed by atoms with Gasteiger partial charge < -0.3 is 10.2 Å². The number of halogens is 2. The molecule has 0 spiro atoms. The Morgan fingerprint density at radius 2 is 1.82 bits per heavy atom. The molecule has 0 radical (unpaired) electrons. The van der Waals surface area contributed by atoms with Crippen LogP contribution in [0.3, 0.4) is 0 Å². The number of nitrogens with zero attached hydrogens (tertiary/aromatic N) is 1. The highest BCUT2D eigenvalue weighted by Gasteiger charge is 2.32. The molecule has 0 aliphatic rings. The minimum Gasteiger partial charge on any atom is -0.329 e. The van der Waals surface area contributed by atoms with Gasteiger partial charge in [0.1, 0.15) is 11.9 Å². The van der Waals surface area contributed by atoms with Gasteiger partial charge in [-0.05, 0) is 75.8 Å². The van der Waals surface area contributed by atoms with Gasteiger partial charge in [-0.2, -0.15) is 0 Å². The molecule has 1 N–H and O–H groups in total. The molecule has 0 aliphatic carbocycles. The van der Waals surface area contributed by atoms with E-state index in [1.807, 2.05) is 77.9 Å². The molecule has 3 nitrogen and oxygen atoms in total. The minimum absolute atomic E-state index is 0.238. The summed E-state index contributed by atoms with van der Waals surface area (Å²) in [6.07, 6.45) is 0.541. The Morgan fingerprint density at radius 3 is 2.53 bits per heavy atom. The van der Waals surface area contributed by atoms with Crippen LogP contribution in [0.25, 0.3) is 0 Å². The Hall–Kier alpha value is -3.22. The number of anilines is 2. The van der Waals surface area contributed by atoms with Crippen LogP contribution < -0.4 is 10.2 Å². The number of thiophene rings is 1. The van der Waals surface area contributed by atoms with Crippen LogP contribution in [0.5, 0.6) is 0 Å². The van der Waals surface area contributed by atoms with E-state index in [0.717, 1.165) is 20.5 Å². The van der Waals surface area contributed by atoms with Crippen molar-refractivity contribution >= 4 is 44.5 Å². The van der Waals surface area contributed by atoms with Crippen molar-refractivity contribution in [3.8, 4) is 0 Å². The Morgan fingerprint density at radius 1 is 1.06 bits per heavy atom. The molecule has 1 unspecified atom stereocenters. The maximum Gasteiger partial charge on any atom is 0.252 e. The smallest absolute Gasteiger partial charge is 0.252 e. The lowest BCUT2D eigenvalue weighted by Gasteiger charge is -2.35. The van der Waals surface area contributed by atoms with Gasteiger partial charge in [0.25, 0.3) is 5.91 Å². The lowest BCUT2D eigenvalue weighted by molar-refractivity contribution is -0.117. The third-order valence-electron chi connectivity index (χ3n) is 5.51. The molecule has 34 heavy (non-hydrogen) atoms.